The summed E-state index contributed by atoms with van der Waals surface area (Å²) in [7, 11) is 0. The SMILES string of the molecule is CCN1CCC(N)C(CN2CC(C)CC(C)C2)C1. The molecular weight excluding hydrogens is 222 g/mol. The Morgan fingerprint density at radius 3 is 2.33 bits per heavy atom. The van der Waals surface area contributed by atoms with Crippen LogP contribution >= 0.6 is 0 Å². The van der Waals surface area contributed by atoms with E-state index in [2.05, 4.69) is 30.6 Å². The monoisotopic (exact) mass is 253 g/mol. The number of nitrogens with zero attached hydrogens (tertiary/aromatic N) is 2. The van der Waals surface area contributed by atoms with Crippen molar-refractivity contribution >= 4 is 0 Å². The van der Waals surface area contributed by atoms with Crippen LogP contribution in [0.4, 0.5) is 0 Å². The Labute approximate surface area is 113 Å². The second kappa shape index (κ2) is 6.36. The minimum Gasteiger partial charge on any atom is -0.327 e. The molecule has 2 fully saturated rings. The quantitative estimate of drug-likeness (QED) is 0.830. The lowest BCUT2D eigenvalue weighted by Crippen LogP contribution is -2.52. The molecule has 0 aromatic carbocycles. The average molecular weight is 253 g/mol. The van der Waals surface area contributed by atoms with E-state index in [-0.39, 0.29) is 0 Å². The number of rotatable bonds is 3. The molecule has 2 heterocycles. The third-order valence-corrected chi connectivity index (χ3v) is 4.76. The molecule has 3 nitrogen and oxygen atoms in total. The van der Waals surface area contributed by atoms with E-state index in [1.165, 1.54) is 52.1 Å². The van der Waals surface area contributed by atoms with Gasteiger partial charge in [0.15, 0.2) is 0 Å². The second-order valence-corrected chi connectivity index (χ2v) is 6.77. The molecule has 2 saturated heterocycles. The van der Waals surface area contributed by atoms with E-state index in [4.69, 9.17) is 5.73 Å². The van der Waals surface area contributed by atoms with Gasteiger partial charge in [-0.1, -0.05) is 20.8 Å². The number of piperidine rings is 2. The Morgan fingerprint density at radius 2 is 1.72 bits per heavy atom. The molecule has 2 aliphatic rings. The summed E-state index contributed by atoms with van der Waals surface area (Å²) in [4.78, 5) is 5.23. The van der Waals surface area contributed by atoms with E-state index in [0.717, 1.165) is 11.8 Å². The topological polar surface area (TPSA) is 32.5 Å². The predicted molar refractivity (Wildman–Crippen MR) is 77.6 cm³/mol. The van der Waals surface area contributed by atoms with Gasteiger partial charge in [-0.05, 0) is 43.7 Å². The van der Waals surface area contributed by atoms with Gasteiger partial charge in [0.2, 0.25) is 0 Å². The molecule has 4 unspecified atom stereocenters. The number of likely N-dealkylation sites (tertiary alicyclic amines) is 2. The van der Waals surface area contributed by atoms with Crippen molar-refractivity contribution in [3.05, 3.63) is 0 Å². The number of hydrogen-bond acceptors (Lipinski definition) is 3. The fourth-order valence-corrected chi connectivity index (χ4v) is 3.88. The Morgan fingerprint density at radius 1 is 1.06 bits per heavy atom. The molecular formula is C15H31N3. The molecule has 0 amide bonds. The fourth-order valence-electron chi connectivity index (χ4n) is 3.88. The first-order valence-electron chi connectivity index (χ1n) is 7.78. The summed E-state index contributed by atoms with van der Waals surface area (Å²) < 4.78 is 0. The number of hydrogen-bond donors (Lipinski definition) is 1. The highest BCUT2D eigenvalue weighted by atomic mass is 15.2. The summed E-state index contributed by atoms with van der Waals surface area (Å²) >= 11 is 0. The van der Waals surface area contributed by atoms with Crippen LogP contribution in [0.1, 0.15) is 33.6 Å². The predicted octanol–water partition coefficient (Wildman–Crippen LogP) is 1.63. The molecule has 2 N–H and O–H groups in total. The Bertz CT molecular complexity index is 246. The molecule has 2 aliphatic heterocycles. The standard InChI is InChI=1S/C15H31N3/c1-4-17-6-5-15(16)14(10-17)11-18-8-12(2)7-13(3)9-18/h12-15H,4-11,16H2,1-3H3. The molecule has 106 valence electrons. The van der Waals surface area contributed by atoms with Crippen LogP contribution < -0.4 is 5.73 Å². The Hall–Kier alpha value is -0.120. The maximum absolute atomic E-state index is 6.33. The fraction of sp³-hybridized carbons (Fsp3) is 1.00. The number of nitrogens with two attached hydrogens (primary N) is 1. The Kier molecular flexibility index (Phi) is 5.05. The molecule has 0 spiro atoms. The normalized spacial score (nSPS) is 40.0. The van der Waals surface area contributed by atoms with Crippen LogP contribution in [0.15, 0.2) is 0 Å². The van der Waals surface area contributed by atoms with Crippen molar-refractivity contribution in [2.45, 2.75) is 39.7 Å². The first-order valence-corrected chi connectivity index (χ1v) is 7.78. The lowest BCUT2D eigenvalue weighted by atomic mass is 9.88. The minimum absolute atomic E-state index is 0.417. The van der Waals surface area contributed by atoms with Crippen LogP contribution in [0, 0.1) is 17.8 Å². The van der Waals surface area contributed by atoms with Crippen LogP contribution in [0.5, 0.6) is 0 Å². The van der Waals surface area contributed by atoms with Gasteiger partial charge in [0.25, 0.3) is 0 Å². The first-order chi connectivity index (χ1) is 8.58. The highest BCUT2D eigenvalue weighted by molar-refractivity contribution is 4.86. The van der Waals surface area contributed by atoms with Crippen LogP contribution in [0.2, 0.25) is 0 Å². The van der Waals surface area contributed by atoms with Gasteiger partial charge in [-0.2, -0.15) is 0 Å². The van der Waals surface area contributed by atoms with Gasteiger partial charge >= 0.3 is 0 Å². The zero-order valence-electron chi connectivity index (χ0n) is 12.4. The van der Waals surface area contributed by atoms with E-state index in [1.807, 2.05) is 0 Å². The van der Waals surface area contributed by atoms with E-state index in [1.54, 1.807) is 0 Å². The summed E-state index contributed by atoms with van der Waals surface area (Å²) in [5.74, 6) is 2.39. The van der Waals surface area contributed by atoms with Crippen LogP contribution in [-0.2, 0) is 0 Å². The Balaban J connectivity index is 1.86. The van der Waals surface area contributed by atoms with Gasteiger partial charge in [0.1, 0.15) is 0 Å². The summed E-state index contributed by atoms with van der Waals surface area (Å²) in [6.07, 6.45) is 2.58. The molecule has 0 bridgehead atoms. The van der Waals surface area contributed by atoms with Gasteiger partial charge < -0.3 is 15.5 Å². The molecule has 0 aromatic heterocycles. The lowest BCUT2D eigenvalue weighted by molar-refractivity contribution is 0.0808. The van der Waals surface area contributed by atoms with E-state index < -0.39 is 0 Å². The second-order valence-electron chi connectivity index (χ2n) is 6.77. The summed E-state index contributed by atoms with van der Waals surface area (Å²) in [5, 5.41) is 0. The zero-order valence-corrected chi connectivity index (χ0v) is 12.4. The van der Waals surface area contributed by atoms with Crippen molar-refractivity contribution in [1.29, 1.82) is 0 Å². The summed E-state index contributed by atoms with van der Waals surface area (Å²) in [5.41, 5.74) is 6.33. The van der Waals surface area contributed by atoms with E-state index in [9.17, 15) is 0 Å². The van der Waals surface area contributed by atoms with Gasteiger partial charge in [0.05, 0.1) is 0 Å². The van der Waals surface area contributed by atoms with Gasteiger partial charge in [0, 0.05) is 32.2 Å². The smallest absolute Gasteiger partial charge is 0.0104 e. The van der Waals surface area contributed by atoms with Crippen LogP contribution in [0.3, 0.4) is 0 Å². The molecule has 3 heteroatoms. The van der Waals surface area contributed by atoms with Gasteiger partial charge in [-0.3, -0.25) is 0 Å². The van der Waals surface area contributed by atoms with Crippen LogP contribution in [-0.4, -0.2) is 55.1 Å². The lowest BCUT2D eigenvalue weighted by Gasteiger charge is -2.42. The summed E-state index contributed by atoms with van der Waals surface area (Å²) in [6.45, 7) is 14.4. The van der Waals surface area contributed by atoms with Gasteiger partial charge in [-0.15, -0.1) is 0 Å². The maximum Gasteiger partial charge on any atom is 0.0104 e. The van der Waals surface area contributed by atoms with Crippen molar-refractivity contribution in [3.63, 3.8) is 0 Å². The van der Waals surface area contributed by atoms with E-state index in [0.29, 0.717) is 12.0 Å². The maximum atomic E-state index is 6.33. The molecule has 18 heavy (non-hydrogen) atoms. The third kappa shape index (κ3) is 3.69. The molecule has 0 radical (unpaired) electrons. The van der Waals surface area contributed by atoms with E-state index >= 15 is 0 Å². The van der Waals surface area contributed by atoms with Crippen molar-refractivity contribution in [3.8, 4) is 0 Å². The molecule has 0 aliphatic carbocycles. The average Bonchev–Trinajstić information content (AvgIpc) is 2.30. The van der Waals surface area contributed by atoms with Crippen LogP contribution in [0.25, 0.3) is 0 Å². The highest BCUT2D eigenvalue weighted by Crippen LogP contribution is 2.24. The van der Waals surface area contributed by atoms with Gasteiger partial charge in [-0.25, -0.2) is 0 Å². The molecule has 4 atom stereocenters. The van der Waals surface area contributed by atoms with Crippen molar-refractivity contribution in [2.24, 2.45) is 23.5 Å². The van der Waals surface area contributed by atoms with Crippen molar-refractivity contribution in [2.75, 3.05) is 39.3 Å². The largest absolute Gasteiger partial charge is 0.327 e. The minimum atomic E-state index is 0.417. The molecule has 2 rings (SSSR count). The van der Waals surface area contributed by atoms with Crippen molar-refractivity contribution in [1.82, 2.24) is 9.80 Å². The zero-order chi connectivity index (χ0) is 13.1. The molecule has 0 saturated carbocycles. The first kappa shape index (κ1) is 14.3. The third-order valence-electron chi connectivity index (χ3n) is 4.76. The van der Waals surface area contributed by atoms with Crippen molar-refractivity contribution < 1.29 is 0 Å². The highest BCUT2D eigenvalue weighted by Gasteiger charge is 2.30. The molecule has 0 aromatic rings. The summed E-state index contributed by atoms with van der Waals surface area (Å²) in [6, 6.07) is 0.417.